The lowest BCUT2D eigenvalue weighted by Gasteiger charge is -2.22. The third-order valence-corrected chi connectivity index (χ3v) is 7.55. The van der Waals surface area contributed by atoms with Gasteiger partial charge in [-0.1, -0.05) is 94.6 Å². The second kappa shape index (κ2) is 18.2. The highest BCUT2D eigenvalue weighted by atomic mass is 32.2. The number of unbranched alkanes of at least 4 members (excludes halogenated alkanes) is 11. The third kappa shape index (κ3) is 12.7. The number of aliphatic carboxylic acids is 1. The Morgan fingerprint density at radius 2 is 1.41 bits per heavy atom. The van der Waals surface area contributed by atoms with E-state index in [2.05, 4.69) is 19.1 Å². The Kier molecular flexibility index (Phi) is 16.3. The molecule has 0 amide bonds. The smallest absolute Gasteiger partial charge is 0.360 e. The summed E-state index contributed by atoms with van der Waals surface area (Å²) in [5.41, 5.74) is 1.02. The van der Waals surface area contributed by atoms with Gasteiger partial charge in [0.25, 0.3) is 0 Å². The maximum absolute atomic E-state index is 12.7. The largest absolute Gasteiger partial charge is 0.611 e. The van der Waals surface area contributed by atoms with Crippen LogP contribution in [0.15, 0.2) is 41.3 Å². The molecule has 0 heterocycles. The normalized spacial score (nSPS) is 14.5. The van der Waals surface area contributed by atoms with Crippen molar-refractivity contribution in [1.29, 1.82) is 0 Å². The van der Waals surface area contributed by atoms with E-state index in [9.17, 15) is 19.6 Å². The fourth-order valence-electron chi connectivity index (χ4n) is 3.79. The predicted octanol–water partition coefficient (Wildman–Crippen LogP) is 6.95. The Bertz CT molecular complexity index is 629. The summed E-state index contributed by atoms with van der Waals surface area (Å²) in [5, 5.41) is 18.6. The number of carboxylic acids is 1. The molecular formula is C27H44O4S. The van der Waals surface area contributed by atoms with E-state index < -0.39 is 28.5 Å². The van der Waals surface area contributed by atoms with Gasteiger partial charge in [-0.3, -0.25) is 0 Å². The fraction of sp³-hybridized carbons (Fsp3) is 0.667. The van der Waals surface area contributed by atoms with Gasteiger partial charge in [-0.15, -0.1) is 0 Å². The zero-order chi connectivity index (χ0) is 23.6. The molecule has 0 aliphatic rings. The number of aryl methyl sites for hydroxylation is 1. The van der Waals surface area contributed by atoms with Crippen molar-refractivity contribution < 1.29 is 19.6 Å². The van der Waals surface area contributed by atoms with Crippen LogP contribution in [0.5, 0.6) is 0 Å². The van der Waals surface area contributed by atoms with Gasteiger partial charge in [-0.2, -0.15) is 0 Å². The number of aliphatic hydroxyl groups is 1. The molecule has 0 fully saturated rings. The molecule has 0 spiro atoms. The molecule has 5 heteroatoms. The molecule has 0 aliphatic heterocycles. The van der Waals surface area contributed by atoms with Crippen molar-refractivity contribution >= 4 is 17.1 Å². The Morgan fingerprint density at radius 3 is 1.94 bits per heavy atom. The number of benzene rings is 1. The average Bonchev–Trinajstić information content (AvgIpc) is 2.76. The fourth-order valence-corrected chi connectivity index (χ4v) is 5.10. The van der Waals surface area contributed by atoms with Crippen LogP contribution in [0.3, 0.4) is 0 Å². The van der Waals surface area contributed by atoms with Crippen molar-refractivity contribution in [1.82, 2.24) is 0 Å². The van der Waals surface area contributed by atoms with Crippen molar-refractivity contribution in [3.05, 3.63) is 42.0 Å². The predicted molar refractivity (Wildman–Crippen MR) is 134 cm³/mol. The van der Waals surface area contributed by atoms with Crippen LogP contribution in [-0.4, -0.2) is 32.1 Å². The zero-order valence-corrected chi connectivity index (χ0v) is 21.0. The monoisotopic (exact) mass is 464 g/mol. The summed E-state index contributed by atoms with van der Waals surface area (Å²) in [7, 11) is 0. The molecule has 1 aromatic rings. The molecule has 0 bridgehead atoms. The van der Waals surface area contributed by atoms with Crippen LogP contribution in [0, 0.1) is 6.92 Å². The number of carbonyl (C=O) groups is 1. The number of aliphatic hydroxyl groups excluding tert-OH is 1. The summed E-state index contributed by atoms with van der Waals surface area (Å²) in [6.07, 6.45) is 19.4. The molecule has 0 saturated heterocycles. The molecule has 3 atom stereocenters. The highest BCUT2D eigenvalue weighted by molar-refractivity contribution is 7.92. The van der Waals surface area contributed by atoms with E-state index in [1.54, 1.807) is 12.1 Å². The zero-order valence-electron chi connectivity index (χ0n) is 20.1. The maximum Gasteiger partial charge on any atom is 0.360 e. The topological polar surface area (TPSA) is 80.6 Å². The highest BCUT2D eigenvalue weighted by Gasteiger charge is 2.38. The molecule has 0 aliphatic carbocycles. The molecule has 4 nitrogen and oxygen atoms in total. The van der Waals surface area contributed by atoms with E-state index in [-0.39, 0.29) is 0 Å². The molecule has 0 radical (unpaired) electrons. The van der Waals surface area contributed by atoms with Gasteiger partial charge in [0.1, 0.15) is 6.10 Å². The Labute approximate surface area is 198 Å². The minimum absolute atomic E-state index is 0.368. The summed E-state index contributed by atoms with van der Waals surface area (Å²) < 4.78 is 12.7. The van der Waals surface area contributed by atoms with Gasteiger partial charge in [0, 0.05) is 11.2 Å². The van der Waals surface area contributed by atoms with Gasteiger partial charge >= 0.3 is 5.97 Å². The summed E-state index contributed by atoms with van der Waals surface area (Å²) >= 11 is -1.76. The van der Waals surface area contributed by atoms with E-state index in [1.165, 1.54) is 51.4 Å². The van der Waals surface area contributed by atoms with Gasteiger partial charge in [-0.05, 0) is 51.2 Å². The van der Waals surface area contributed by atoms with Gasteiger partial charge < -0.3 is 14.8 Å². The van der Waals surface area contributed by atoms with Crippen molar-refractivity contribution in [3.63, 3.8) is 0 Å². The van der Waals surface area contributed by atoms with Crippen molar-refractivity contribution in [2.45, 2.75) is 120 Å². The van der Waals surface area contributed by atoms with Crippen LogP contribution in [-0.2, 0) is 16.0 Å². The first-order chi connectivity index (χ1) is 15.5. The van der Waals surface area contributed by atoms with Crippen LogP contribution in [0.1, 0.15) is 102 Å². The van der Waals surface area contributed by atoms with Gasteiger partial charge in [0.2, 0.25) is 5.25 Å². The quantitative estimate of drug-likeness (QED) is 0.132. The number of carboxylic acid groups (broad SMARTS) is 1. The first-order valence-corrected chi connectivity index (χ1v) is 13.7. The maximum atomic E-state index is 12.7. The minimum Gasteiger partial charge on any atom is -0.611 e. The standard InChI is InChI=1S/C27H44O4S/c1-3-4-5-6-7-8-9-10-11-12-13-14-15-16-17-18-25(28)26(27(29)30)32(31)24-21-19-23(2)20-22-24/h10-11,19-22,25-26,28H,3-9,12-18H2,1-2H3,(H,29,30)/b11-10-/t25-,26-,32?/m1/s1. The van der Waals surface area contributed by atoms with E-state index in [4.69, 9.17) is 0 Å². The van der Waals surface area contributed by atoms with Crippen LogP contribution < -0.4 is 0 Å². The lowest BCUT2D eigenvalue weighted by atomic mass is 10.0. The number of allylic oxidation sites excluding steroid dienone is 2. The molecule has 0 aromatic heterocycles. The van der Waals surface area contributed by atoms with Crippen molar-refractivity contribution in [2.75, 3.05) is 0 Å². The van der Waals surface area contributed by atoms with E-state index >= 15 is 0 Å². The van der Waals surface area contributed by atoms with E-state index in [1.807, 2.05) is 19.1 Å². The Hall–Kier alpha value is -1.30. The van der Waals surface area contributed by atoms with Gasteiger partial charge in [0.05, 0.1) is 0 Å². The highest BCUT2D eigenvalue weighted by Crippen LogP contribution is 2.22. The van der Waals surface area contributed by atoms with Crippen molar-refractivity contribution in [3.8, 4) is 0 Å². The summed E-state index contributed by atoms with van der Waals surface area (Å²) in [6.45, 7) is 4.17. The van der Waals surface area contributed by atoms with Crippen LogP contribution >= 0.6 is 0 Å². The second-order valence-electron chi connectivity index (χ2n) is 8.81. The molecule has 182 valence electrons. The van der Waals surface area contributed by atoms with Crippen LogP contribution in [0.2, 0.25) is 0 Å². The Morgan fingerprint density at radius 1 is 0.906 bits per heavy atom. The second-order valence-corrected chi connectivity index (χ2v) is 10.4. The summed E-state index contributed by atoms with van der Waals surface area (Å²) in [6, 6.07) is 6.97. The minimum atomic E-state index is -1.76. The molecule has 1 aromatic carbocycles. The molecule has 0 saturated carbocycles. The molecule has 2 N–H and O–H groups in total. The number of hydrogen-bond acceptors (Lipinski definition) is 3. The molecule has 1 rings (SSSR count). The van der Waals surface area contributed by atoms with Gasteiger partial charge in [-0.25, -0.2) is 4.79 Å². The first kappa shape index (κ1) is 28.7. The SMILES string of the molecule is CCCCCCCC/C=C\CCCCCCC[C@@H](O)[C@H](C(=O)O)[S+]([O-])c1ccc(C)cc1. The van der Waals surface area contributed by atoms with E-state index in [0.29, 0.717) is 11.3 Å². The van der Waals surface area contributed by atoms with Crippen LogP contribution in [0.25, 0.3) is 0 Å². The lowest BCUT2D eigenvalue weighted by Crippen LogP contribution is -2.41. The average molecular weight is 465 g/mol. The Balaban J connectivity index is 2.13. The molecular weight excluding hydrogens is 420 g/mol. The van der Waals surface area contributed by atoms with Crippen molar-refractivity contribution in [2.24, 2.45) is 0 Å². The molecule has 32 heavy (non-hydrogen) atoms. The first-order valence-electron chi connectivity index (χ1n) is 12.5. The van der Waals surface area contributed by atoms with Crippen LogP contribution in [0.4, 0.5) is 0 Å². The third-order valence-electron chi connectivity index (χ3n) is 5.84. The number of rotatable bonds is 19. The summed E-state index contributed by atoms with van der Waals surface area (Å²) in [5.74, 6) is -1.20. The number of hydrogen-bond donors (Lipinski definition) is 2. The molecule has 1 unspecified atom stereocenters. The lowest BCUT2D eigenvalue weighted by molar-refractivity contribution is -0.138. The van der Waals surface area contributed by atoms with Gasteiger partial charge in [0.15, 0.2) is 4.90 Å². The van der Waals surface area contributed by atoms with E-state index in [0.717, 1.165) is 37.7 Å². The summed E-state index contributed by atoms with van der Waals surface area (Å²) in [4.78, 5) is 12.1.